The summed E-state index contributed by atoms with van der Waals surface area (Å²) in [6.07, 6.45) is 4.14. The number of carbonyl (C=O) groups excluding carboxylic acids is 1. The minimum atomic E-state index is -0.225. The first kappa shape index (κ1) is 26.9. The van der Waals surface area contributed by atoms with Gasteiger partial charge in [-0.1, -0.05) is 37.3 Å². The summed E-state index contributed by atoms with van der Waals surface area (Å²) in [7, 11) is 2.10. The van der Waals surface area contributed by atoms with Gasteiger partial charge in [-0.25, -0.2) is 4.98 Å². The minimum Gasteiger partial charge on any atom is -0.397 e. The van der Waals surface area contributed by atoms with Crippen LogP contribution in [-0.4, -0.2) is 50.3 Å². The quantitative estimate of drug-likeness (QED) is 0.196. The van der Waals surface area contributed by atoms with Gasteiger partial charge < -0.3 is 20.5 Å². The maximum atomic E-state index is 13.3. The van der Waals surface area contributed by atoms with E-state index < -0.39 is 0 Å². The molecule has 2 aromatic carbocycles. The van der Waals surface area contributed by atoms with Crippen LogP contribution >= 0.6 is 0 Å². The third-order valence-corrected chi connectivity index (χ3v) is 6.56. The number of benzene rings is 2. The highest BCUT2D eigenvalue weighted by molar-refractivity contribution is 6.03. The zero-order valence-corrected chi connectivity index (χ0v) is 23.0. The van der Waals surface area contributed by atoms with E-state index in [1.54, 1.807) is 10.7 Å². The van der Waals surface area contributed by atoms with Gasteiger partial charge in [-0.3, -0.25) is 14.8 Å². The minimum absolute atomic E-state index is 0.225. The summed E-state index contributed by atoms with van der Waals surface area (Å²) in [6.45, 7) is 11.5. The smallest absolute Gasteiger partial charge is 0.276 e. The lowest BCUT2D eigenvalue weighted by Crippen LogP contribution is -2.20. The Hall–Kier alpha value is -4.11. The second kappa shape index (κ2) is 12.0. The molecule has 4 aromatic rings. The monoisotopic (exact) mass is 514 g/mol. The van der Waals surface area contributed by atoms with Crippen molar-refractivity contribution < 1.29 is 4.79 Å². The number of allylic oxidation sites excluding steroid dienone is 1. The normalized spacial score (nSPS) is 11.6. The first-order chi connectivity index (χ1) is 18.3. The Morgan fingerprint density at radius 2 is 1.95 bits per heavy atom. The Bertz CT molecular complexity index is 1450. The number of anilines is 3. The predicted octanol–water partition coefficient (Wildman–Crippen LogP) is 4.82. The average Bonchev–Trinajstić information content (AvgIpc) is 3.45. The molecule has 0 aliphatic heterocycles. The number of para-hydroxylation sites is 1. The molecule has 9 nitrogen and oxygen atoms in total. The van der Waals surface area contributed by atoms with E-state index in [0.29, 0.717) is 31.3 Å². The summed E-state index contributed by atoms with van der Waals surface area (Å²) in [5, 5.41) is 10.8. The van der Waals surface area contributed by atoms with Crippen molar-refractivity contribution in [3.8, 4) is 0 Å². The highest BCUT2D eigenvalue weighted by atomic mass is 16.2. The van der Waals surface area contributed by atoms with Crippen LogP contribution in [0.5, 0.6) is 0 Å². The molecule has 0 radical (unpaired) electrons. The maximum absolute atomic E-state index is 13.3. The maximum Gasteiger partial charge on any atom is 0.276 e. The number of hydrogen-bond acceptors (Lipinski definition) is 6. The van der Waals surface area contributed by atoms with Crippen molar-refractivity contribution in [1.82, 2.24) is 24.2 Å². The van der Waals surface area contributed by atoms with Crippen LogP contribution in [0.25, 0.3) is 11.0 Å². The number of fused-ring (bicyclic) bond motifs is 1. The standard InChI is InChI=1S/C29H38N8O/c1-6-35(5)19-22-11-10-12-25-27(22)36(16-9-8-15-31-24-14-13-20(3)17-23(24)30)29(32-25)33-28(38)26-18-21(4)34-37(26)7-2/h8-14,17-18,31H,6-7,15-16,19,30H2,1-5H3,(H,32,33,38)/b9-8+. The van der Waals surface area contributed by atoms with Crippen LogP contribution in [0, 0.1) is 13.8 Å². The molecule has 2 heterocycles. The number of amides is 1. The number of aryl methyl sites for hydroxylation is 3. The second-order valence-corrected chi connectivity index (χ2v) is 9.55. The summed E-state index contributed by atoms with van der Waals surface area (Å²) in [6, 6.07) is 13.9. The van der Waals surface area contributed by atoms with Crippen molar-refractivity contribution in [2.24, 2.45) is 0 Å². The van der Waals surface area contributed by atoms with E-state index in [0.717, 1.165) is 52.3 Å². The van der Waals surface area contributed by atoms with Crippen LogP contribution in [0.4, 0.5) is 17.3 Å². The molecule has 4 N–H and O–H groups in total. The molecule has 38 heavy (non-hydrogen) atoms. The topological polar surface area (TPSA) is 106 Å². The summed E-state index contributed by atoms with van der Waals surface area (Å²) in [5.41, 5.74) is 13.3. The van der Waals surface area contributed by atoms with Gasteiger partial charge in [-0.15, -0.1) is 0 Å². The Morgan fingerprint density at radius 3 is 2.68 bits per heavy atom. The molecule has 200 valence electrons. The number of imidazole rings is 1. The number of aromatic nitrogens is 4. The van der Waals surface area contributed by atoms with E-state index >= 15 is 0 Å². The van der Waals surface area contributed by atoms with E-state index in [1.165, 1.54) is 0 Å². The van der Waals surface area contributed by atoms with Crippen LogP contribution in [-0.2, 0) is 19.6 Å². The SMILES string of the molecule is CCN(C)Cc1cccc2nc(NC(=O)c3cc(C)nn3CC)n(C/C=C/CNc3ccc(C)cc3N)c12. The van der Waals surface area contributed by atoms with Crippen molar-refractivity contribution in [1.29, 1.82) is 0 Å². The molecular formula is C29H38N8O. The number of nitrogens with zero attached hydrogens (tertiary/aromatic N) is 5. The Balaban J connectivity index is 1.61. The van der Waals surface area contributed by atoms with E-state index in [9.17, 15) is 4.79 Å². The fraction of sp³-hybridized carbons (Fsp3) is 0.345. The zero-order valence-electron chi connectivity index (χ0n) is 23.0. The Labute approximate surface area is 224 Å². The molecule has 0 atom stereocenters. The van der Waals surface area contributed by atoms with Crippen LogP contribution in [0.3, 0.4) is 0 Å². The molecule has 0 fully saturated rings. The first-order valence-corrected chi connectivity index (χ1v) is 13.1. The predicted molar refractivity (Wildman–Crippen MR) is 156 cm³/mol. The van der Waals surface area contributed by atoms with Gasteiger partial charge in [0.2, 0.25) is 5.95 Å². The molecular weight excluding hydrogens is 476 g/mol. The van der Waals surface area contributed by atoms with Gasteiger partial charge in [-0.2, -0.15) is 5.10 Å². The zero-order chi connectivity index (χ0) is 27.2. The number of rotatable bonds is 11. The van der Waals surface area contributed by atoms with E-state index in [1.807, 2.05) is 51.1 Å². The fourth-order valence-corrected chi connectivity index (χ4v) is 4.47. The van der Waals surface area contributed by atoms with Gasteiger partial charge in [-0.05, 0) is 69.8 Å². The van der Waals surface area contributed by atoms with E-state index in [-0.39, 0.29) is 5.91 Å². The van der Waals surface area contributed by atoms with Gasteiger partial charge >= 0.3 is 0 Å². The molecule has 1 amide bonds. The van der Waals surface area contributed by atoms with Gasteiger partial charge in [0.05, 0.1) is 28.1 Å². The van der Waals surface area contributed by atoms with Gasteiger partial charge in [0.25, 0.3) is 5.91 Å². The lowest BCUT2D eigenvalue weighted by molar-refractivity contribution is 0.101. The van der Waals surface area contributed by atoms with Crippen molar-refractivity contribution >= 4 is 34.3 Å². The molecule has 2 aromatic heterocycles. The molecule has 0 unspecified atom stereocenters. The van der Waals surface area contributed by atoms with Crippen LogP contribution < -0.4 is 16.4 Å². The van der Waals surface area contributed by atoms with Crippen LogP contribution in [0.2, 0.25) is 0 Å². The fourth-order valence-electron chi connectivity index (χ4n) is 4.47. The number of carbonyl (C=O) groups is 1. The second-order valence-electron chi connectivity index (χ2n) is 9.55. The van der Waals surface area contributed by atoms with Crippen molar-refractivity contribution in [3.63, 3.8) is 0 Å². The molecule has 0 aliphatic rings. The number of nitrogen functional groups attached to an aromatic ring is 1. The molecule has 0 saturated heterocycles. The largest absolute Gasteiger partial charge is 0.397 e. The Morgan fingerprint density at radius 1 is 1.13 bits per heavy atom. The average molecular weight is 515 g/mol. The van der Waals surface area contributed by atoms with E-state index in [4.69, 9.17) is 10.7 Å². The number of nitrogens with two attached hydrogens (primary N) is 1. The molecule has 9 heteroatoms. The van der Waals surface area contributed by atoms with Crippen LogP contribution in [0.15, 0.2) is 54.6 Å². The third kappa shape index (κ3) is 6.06. The summed E-state index contributed by atoms with van der Waals surface area (Å²) >= 11 is 0. The third-order valence-electron chi connectivity index (χ3n) is 6.56. The van der Waals surface area contributed by atoms with Gasteiger partial charge in [0.1, 0.15) is 5.69 Å². The molecule has 0 bridgehead atoms. The summed E-state index contributed by atoms with van der Waals surface area (Å²) in [4.78, 5) is 20.3. The summed E-state index contributed by atoms with van der Waals surface area (Å²) < 4.78 is 3.78. The van der Waals surface area contributed by atoms with Crippen LogP contribution in [0.1, 0.15) is 41.2 Å². The van der Waals surface area contributed by atoms with Crippen molar-refractivity contribution in [3.05, 3.63) is 77.1 Å². The lowest BCUT2D eigenvalue weighted by atomic mass is 10.1. The Kier molecular flexibility index (Phi) is 8.48. The lowest BCUT2D eigenvalue weighted by Gasteiger charge is -2.16. The summed E-state index contributed by atoms with van der Waals surface area (Å²) in [5.74, 6) is 0.287. The number of hydrogen-bond donors (Lipinski definition) is 3. The molecule has 0 saturated carbocycles. The highest BCUT2D eigenvalue weighted by Gasteiger charge is 2.19. The van der Waals surface area contributed by atoms with E-state index in [2.05, 4.69) is 57.4 Å². The first-order valence-electron chi connectivity index (χ1n) is 13.1. The van der Waals surface area contributed by atoms with Gasteiger partial charge in [0.15, 0.2) is 0 Å². The van der Waals surface area contributed by atoms with Crippen molar-refractivity contribution in [2.75, 3.05) is 36.5 Å². The van der Waals surface area contributed by atoms with Crippen molar-refractivity contribution in [2.45, 2.75) is 47.3 Å². The molecule has 0 spiro atoms. The van der Waals surface area contributed by atoms with Gasteiger partial charge in [0, 0.05) is 26.2 Å². The number of nitrogens with one attached hydrogen (secondary N) is 2. The molecule has 4 rings (SSSR count). The highest BCUT2D eigenvalue weighted by Crippen LogP contribution is 2.25. The molecule has 0 aliphatic carbocycles.